The van der Waals surface area contributed by atoms with Crippen LogP contribution in [0.2, 0.25) is 0 Å². The summed E-state index contributed by atoms with van der Waals surface area (Å²) in [7, 11) is 0. The van der Waals surface area contributed by atoms with E-state index in [4.69, 9.17) is 17.2 Å². The van der Waals surface area contributed by atoms with Crippen LogP contribution < -0.4 is 17.2 Å². The van der Waals surface area contributed by atoms with Gasteiger partial charge in [0.15, 0.2) is 0 Å². The van der Waals surface area contributed by atoms with Gasteiger partial charge in [0.2, 0.25) is 5.91 Å². The summed E-state index contributed by atoms with van der Waals surface area (Å²) in [6.45, 7) is 0.808. The van der Waals surface area contributed by atoms with Crippen LogP contribution in [0, 0.1) is 0 Å². The van der Waals surface area contributed by atoms with E-state index in [1.165, 1.54) is 0 Å². The molecular weight excluding hydrogens is 242 g/mol. The first-order valence-electron chi connectivity index (χ1n) is 6.01. The fourth-order valence-corrected chi connectivity index (χ4v) is 2.07. The molecule has 2 rings (SSSR count). The van der Waals surface area contributed by atoms with Crippen molar-refractivity contribution in [3.05, 3.63) is 42.0 Å². The summed E-state index contributed by atoms with van der Waals surface area (Å²) in [4.78, 5) is 15.4. The predicted molar refractivity (Wildman–Crippen MR) is 74.3 cm³/mol. The number of aryl methyl sites for hydroxylation is 1. The number of carbonyl (C=O) groups excluding carboxylic acids is 1. The zero-order valence-corrected chi connectivity index (χ0v) is 10.5. The molecule has 0 radical (unpaired) electrons. The van der Waals surface area contributed by atoms with Crippen molar-refractivity contribution in [2.24, 2.45) is 5.73 Å². The molecule has 0 unspecified atom stereocenters. The number of primary amides is 1. The minimum absolute atomic E-state index is 0.406. The quantitative estimate of drug-likeness (QED) is 0.688. The molecule has 0 aliphatic rings. The number of anilines is 2. The van der Waals surface area contributed by atoms with Crippen LogP contribution in [0.5, 0.6) is 0 Å². The largest absolute Gasteiger partial charge is 0.399 e. The van der Waals surface area contributed by atoms with Crippen molar-refractivity contribution in [2.75, 3.05) is 11.5 Å². The van der Waals surface area contributed by atoms with Crippen molar-refractivity contribution < 1.29 is 4.79 Å². The fraction of sp³-hybridized carbons (Fsp3) is 0.231. The molecule has 0 aliphatic heterocycles. The molecule has 1 amide bonds. The number of hydrogen-bond donors (Lipinski definition) is 3. The number of nitrogens with zero attached hydrogens (tertiary/aromatic N) is 2. The van der Waals surface area contributed by atoms with Crippen molar-refractivity contribution in [2.45, 2.75) is 19.4 Å². The molecule has 0 spiro atoms. The highest BCUT2D eigenvalue weighted by atomic mass is 16.1. The molecule has 1 heterocycles. The summed E-state index contributed by atoms with van der Waals surface area (Å²) < 4.78 is 1.97. The van der Waals surface area contributed by atoms with Crippen LogP contribution in [0.3, 0.4) is 0 Å². The minimum atomic E-state index is -0.503. The topological polar surface area (TPSA) is 113 Å². The van der Waals surface area contributed by atoms with E-state index < -0.39 is 5.91 Å². The number of hydrogen-bond acceptors (Lipinski definition) is 4. The molecule has 0 bridgehead atoms. The highest BCUT2D eigenvalue weighted by molar-refractivity contribution is 5.97. The first-order valence-corrected chi connectivity index (χ1v) is 6.01. The Morgan fingerprint density at radius 3 is 2.74 bits per heavy atom. The van der Waals surface area contributed by atoms with Gasteiger partial charge in [0, 0.05) is 35.9 Å². The van der Waals surface area contributed by atoms with Gasteiger partial charge in [-0.3, -0.25) is 4.79 Å². The lowest BCUT2D eigenvalue weighted by molar-refractivity contribution is 0.0999. The molecule has 6 heteroatoms. The van der Waals surface area contributed by atoms with Crippen LogP contribution in [0.25, 0.3) is 0 Å². The monoisotopic (exact) mass is 259 g/mol. The molecule has 0 fully saturated rings. The highest BCUT2D eigenvalue weighted by Gasteiger charge is 2.12. The Morgan fingerprint density at radius 1 is 1.32 bits per heavy atom. The molecule has 2 aromatic rings. The van der Waals surface area contributed by atoms with Gasteiger partial charge in [-0.1, -0.05) is 0 Å². The summed E-state index contributed by atoms with van der Waals surface area (Å²) in [5.74, 6) is -0.503. The molecule has 100 valence electrons. The van der Waals surface area contributed by atoms with Gasteiger partial charge < -0.3 is 21.8 Å². The maximum absolute atomic E-state index is 11.4. The van der Waals surface area contributed by atoms with Crippen LogP contribution in [0.15, 0.2) is 30.9 Å². The van der Waals surface area contributed by atoms with Gasteiger partial charge in [-0.15, -0.1) is 0 Å². The number of nitrogens with two attached hydrogens (primary N) is 3. The van der Waals surface area contributed by atoms with Crippen LogP contribution >= 0.6 is 0 Å². The Kier molecular flexibility index (Phi) is 3.70. The molecule has 0 aliphatic carbocycles. The third-order valence-electron chi connectivity index (χ3n) is 2.97. The second-order valence-electron chi connectivity index (χ2n) is 4.40. The van der Waals surface area contributed by atoms with Crippen molar-refractivity contribution in [1.82, 2.24) is 9.55 Å². The molecule has 0 atom stereocenters. The van der Waals surface area contributed by atoms with Crippen LogP contribution in [-0.4, -0.2) is 15.5 Å². The molecule has 6 N–H and O–H groups in total. The Balaban J connectivity index is 2.12. The lowest BCUT2D eigenvalue weighted by Gasteiger charge is -2.11. The summed E-state index contributed by atoms with van der Waals surface area (Å²) in [5.41, 5.74) is 19.1. The van der Waals surface area contributed by atoms with E-state index in [1.54, 1.807) is 24.7 Å². The van der Waals surface area contributed by atoms with Gasteiger partial charge in [-0.2, -0.15) is 0 Å². The lowest BCUT2D eigenvalue weighted by Crippen LogP contribution is -2.16. The second kappa shape index (κ2) is 5.43. The van der Waals surface area contributed by atoms with Gasteiger partial charge >= 0.3 is 0 Å². The maximum atomic E-state index is 11.4. The number of aromatic nitrogens is 2. The number of nitrogen functional groups attached to an aromatic ring is 2. The third kappa shape index (κ3) is 3.04. The first kappa shape index (κ1) is 12.9. The minimum Gasteiger partial charge on any atom is -0.399 e. The van der Waals surface area contributed by atoms with E-state index in [-0.39, 0.29) is 0 Å². The van der Waals surface area contributed by atoms with E-state index >= 15 is 0 Å². The van der Waals surface area contributed by atoms with Gasteiger partial charge in [-0.05, 0) is 30.5 Å². The molecule has 1 aromatic heterocycles. The lowest BCUT2D eigenvalue weighted by atomic mass is 9.99. The van der Waals surface area contributed by atoms with Crippen LogP contribution in [0.1, 0.15) is 22.3 Å². The Morgan fingerprint density at radius 2 is 2.11 bits per heavy atom. The average Bonchev–Trinajstić information content (AvgIpc) is 2.84. The Hall–Kier alpha value is -2.50. The molecule has 1 aromatic carbocycles. The highest BCUT2D eigenvalue weighted by Crippen LogP contribution is 2.23. The summed E-state index contributed by atoms with van der Waals surface area (Å²) in [5, 5.41) is 0. The normalized spacial score (nSPS) is 10.5. The van der Waals surface area contributed by atoms with E-state index in [2.05, 4.69) is 4.98 Å². The van der Waals surface area contributed by atoms with Crippen LogP contribution in [0.4, 0.5) is 11.4 Å². The molecule has 0 saturated carbocycles. The number of benzene rings is 1. The van der Waals surface area contributed by atoms with Crippen molar-refractivity contribution in [1.29, 1.82) is 0 Å². The van der Waals surface area contributed by atoms with E-state index in [0.717, 1.165) is 18.5 Å². The zero-order valence-electron chi connectivity index (χ0n) is 10.5. The fourth-order valence-electron chi connectivity index (χ4n) is 2.07. The van der Waals surface area contributed by atoms with Crippen LogP contribution in [-0.2, 0) is 13.0 Å². The molecule has 19 heavy (non-hydrogen) atoms. The molecular formula is C13H17N5O. The first-order chi connectivity index (χ1) is 9.08. The van der Waals surface area contributed by atoms with E-state index in [0.29, 0.717) is 23.4 Å². The summed E-state index contributed by atoms with van der Waals surface area (Å²) in [6, 6.07) is 3.23. The van der Waals surface area contributed by atoms with Crippen molar-refractivity contribution >= 4 is 17.3 Å². The summed E-state index contributed by atoms with van der Waals surface area (Å²) >= 11 is 0. The third-order valence-corrected chi connectivity index (χ3v) is 2.97. The average molecular weight is 259 g/mol. The second-order valence-corrected chi connectivity index (χ2v) is 4.40. The number of amides is 1. The molecule has 0 saturated heterocycles. The Bertz CT molecular complexity index is 577. The number of rotatable bonds is 5. The van der Waals surface area contributed by atoms with Crippen molar-refractivity contribution in [3.8, 4) is 0 Å². The SMILES string of the molecule is NC(=O)c1cc(N)cc(N)c1CCCn1ccnc1. The zero-order chi connectivity index (χ0) is 13.8. The predicted octanol–water partition coefficient (Wildman–Crippen LogP) is 0.779. The van der Waals surface area contributed by atoms with Gasteiger partial charge in [0.05, 0.1) is 6.33 Å². The van der Waals surface area contributed by atoms with Crippen molar-refractivity contribution in [3.63, 3.8) is 0 Å². The smallest absolute Gasteiger partial charge is 0.249 e. The van der Waals surface area contributed by atoms with Gasteiger partial charge in [-0.25, -0.2) is 4.98 Å². The standard InChI is InChI=1S/C13H17N5O/c14-9-6-11(13(16)19)10(12(15)7-9)2-1-4-18-5-3-17-8-18/h3,5-8H,1-2,4,14-15H2,(H2,16,19). The maximum Gasteiger partial charge on any atom is 0.249 e. The summed E-state index contributed by atoms with van der Waals surface area (Å²) in [6.07, 6.45) is 6.88. The number of imidazole rings is 1. The van der Waals surface area contributed by atoms with Gasteiger partial charge in [0.1, 0.15) is 0 Å². The Labute approximate surface area is 111 Å². The van der Waals surface area contributed by atoms with Gasteiger partial charge in [0.25, 0.3) is 0 Å². The van der Waals surface area contributed by atoms with E-state index in [1.807, 2.05) is 10.8 Å². The molecule has 6 nitrogen and oxygen atoms in total. The van der Waals surface area contributed by atoms with E-state index in [9.17, 15) is 4.79 Å². The number of carbonyl (C=O) groups is 1.